The zero-order chi connectivity index (χ0) is 16.4. The van der Waals surface area contributed by atoms with Crippen molar-refractivity contribution in [2.45, 2.75) is 0 Å². The molecule has 0 unspecified atom stereocenters. The van der Waals surface area contributed by atoms with Gasteiger partial charge in [-0.1, -0.05) is 0 Å². The maximum absolute atomic E-state index is 10.0. The molecule has 0 spiro atoms. The molecule has 0 heterocycles. The summed E-state index contributed by atoms with van der Waals surface area (Å²) in [6.07, 6.45) is 0. The number of hydrogen-bond donors (Lipinski definition) is 6. The van der Waals surface area contributed by atoms with Crippen LogP contribution in [-0.2, 0) is 20.2 Å². The van der Waals surface area contributed by atoms with Gasteiger partial charge in [0.25, 0.3) is 20.2 Å². The minimum Gasteiger partial charge on any atom is -0.370 e. The zero-order valence-electron chi connectivity index (χ0n) is 10.4. The Labute approximate surface area is 116 Å². The van der Waals surface area contributed by atoms with Crippen LogP contribution in [0, 0.1) is 0 Å². The van der Waals surface area contributed by atoms with Crippen molar-refractivity contribution in [3.05, 3.63) is 0 Å². The largest absolute Gasteiger partial charge is 0.370 e. The summed E-state index contributed by atoms with van der Waals surface area (Å²) in [7, 11) is -7.88. The monoisotopic (exact) mass is 334 g/mol. The average Bonchev–Trinajstić information content (AvgIpc) is 2.12. The molecule has 0 aliphatic rings. The van der Waals surface area contributed by atoms with E-state index in [0.717, 1.165) is 0 Å². The molecule has 0 bridgehead atoms. The highest BCUT2D eigenvalue weighted by Gasteiger charge is 2.02. The first-order valence-electron chi connectivity index (χ1n) is 4.84. The third-order valence-corrected chi connectivity index (χ3v) is 2.68. The van der Waals surface area contributed by atoms with Gasteiger partial charge in [-0.2, -0.15) is 16.8 Å². The highest BCUT2D eigenvalue weighted by atomic mass is 32.2. The molecule has 0 aromatic rings. The summed E-state index contributed by atoms with van der Waals surface area (Å²) in [6.45, 7) is -0.220. The number of hydrogen-bond acceptors (Lipinski definition) is 6. The Morgan fingerprint density at radius 1 is 0.750 bits per heavy atom. The Morgan fingerprint density at radius 3 is 1.15 bits per heavy atom. The van der Waals surface area contributed by atoms with Crippen LogP contribution in [0.3, 0.4) is 0 Å². The predicted molar refractivity (Wildman–Crippen MR) is 74.2 cm³/mol. The molecule has 0 atom stereocenters. The van der Waals surface area contributed by atoms with Crippen molar-refractivity contribution in [3.63, 3.8) is 0 Å². The van der Waals surface area contributed by atoms with Crippen LogP contribution < -0.4 is 22.9 Å². The van der Waals surface area contributed by atoms with Gasteiger partial charge in [-0.3, -0.25) is 19.1 Å². The third-order valence-electron chi connectivity index (χ3n) is 1.29. The normalized spacial score (nSPS) is 10.9. The lowest BCUT2D eigenvalue weighted by atomic mass is 10.8. The minimum atomic E-state index is -3.94. The summed E-state index contributed by atoms with van der Waals surface area (Å²) in [4.78, 5) is 6.69. The van der Waals surface area contributed by atoms with Gasteiger partial charge >= 0.3 is 0 Å². The first-order chi connectivity index (χ1) is 8.83. The molecule has 0 fully saturated rings. The predicted octanol–water partition coefficient (Wildman–Crippen LogP) is -3.70. The van der Waals surface area contributed by atoms with Gasteiger partial charge in [-0.05, 0) is 0 Å². The van der Waals surface area contributed by atoms with Crippen molar-refractivity contribution in [1.29, 1.82) is 0 Å². The highest BCUT2D eigenvalue weighted by Crippen LogP contribution is 1.81. The average molecular weight is 334 g/mol. The fourth-order valence-corrected chi connectivity index (χ4v) is 1.22. The van der Waals surface area contributed by atoms with Crippen LogP contribution in [-0.4, -0.2) is 62.5 Å². The molecule has 0 aliphatic carbocycles. The molecule has 0 saturated carbocycles. The molecular formula is C6H18N6O6S2. The van der Waals surface area contributed by atoms with Crippen molar-refractivity contribution in [1.82, 2.24) is 0 Å². The molecule has 0 aromatic heterocycles. The van der Waals surface area contributed by atoms with Crippen LogP contribution in [0.4, 0.5) is 0 Å². The van der Waals surface area contributed by atoms with E-state index in [1.54, 1.807) is 0 Å². The summed E-state index contributed by atoms with van der Waals surface area (Å²) in [5.41, 5.74) is 19.5. The lowest BCUT2D eigenvalue weighted by Crippen LogP contribution is -2.24. The van der Waals surface area contributed by atoms with Crippen LogP contribution in [0.1, 0.15) is 0 Å². The fraction of sp³-hybridized carbons (Fsp3) is 0.667. The molecular weight excluding hydrogens is 316 g/mol. The Hall–Kier alpha value is -1.64. The van der Waals surface area contributed by atoms with Crippen molar-refractivity contribution in [2.75, 3.05) is 24.6 Å². The first kappa shape index (κ1) is 20.7. The van der Waals surface area contributed by atoms with Crippen LogP contribution in [0.15, 0.2) is 9.98 Å². The molecule has 12 nitrogen and oxygen atoms in total. The standard InChI is InChI=1S/2C3H9N3O3S/c2*4-3(5)6-1-2-10(7,8)9/h2*1-2H2,(H4,4,5,6)(H,7,8,9). The molecule has 120 valence electrons. The summed E-state index contributed by atoms with van der Waals surface area (Å²) < 4.78 is 56.4. The van der Waals surface area contributed by atoms with E-state index < -0.39 is 31.7 Å². The van der Waals surface area contributed by atoms with Gasteiger partial charge in [-0.25, -0.2) is 0 Å². The second-order valence-corrected chi connectivity index (χ2v) is 6.33. The molecule has 0 rings (SSSR count). The van der Waals surface area contributed by atoms with Crippen molar-refractivity contribution in [2.24, 2.45) is 32.9 Å². The summed E-state index contributed by atoms with van der Waals surface area (Å²) >= 11 is 0. The lowest BCUT2D eigenvalue weighted by Gasteiger charge is -1.91. The third kappa shape index (κ3) is 25.3. The number of aliphatic imine (C=N–C) groups is 2. The minimum absolute atomic E-state index is 0.110. The maximum atomic E-state index is 10.0. The molecule has 0 radical (unpaired) electrons. The molecule has 0 aromatic carbocycles. The second-order valence-electron chi connectivity index (χ2n) is 3.19. The van der Waals surface area contributed by atoms with Crippen LogP contribution >= 0.6 is 0 Å². The van der Waals surface area contributed by atoms with E-state index in [2.05, 4.69) is 9.98 Å². The van der Waals surface area contributed by atoms with Crippen molar-refractivity contribution >= 4 is 32.2 Å². The van der Waals surface area contributed by atoms with E-state index in [1.165, 1.54) is 0 Å². The van der Waals surface area contributed by atoms with Gasteiger partial charge in [0.15, 0.2) is 11.9 Å². The Kier molecular flexibility index (Phi) is 9.61. The van der Waals surface area contributed by atoms with Gasteiger partial charge in [-0.15, -0.1) is 0 Å². The van der Waals surface area contributed by atoms with Gasteiger partial charge in [0.2, 0.25) is 0 Å². The topological polar surface area (TPSA) is 238 Å². The van der Waals surface area contributed by atoms with Crippen molar-refractivity contribution in [3.8, 4) is 0 Å². The van der Waals surface area contributed by atoms with E-state index in [4.69, 9.17) is 32.0 Å². The molecule has 14 heteroatoms. The molecule has 10 N–H and O–H groups in total. The Morgan fingerprint density at radius 2 is 1.00 bits per heavy atom. The molecule has 0 aliphatic heterocycles. The van der Waals surface area contributed by atoms with Gasteiger partial charge < -0.3 is 22.9 Å². The van der Waals surface area contributed by atoms with E-state index in [-0.39, 0.29) is 25.0 Å². The van der Waals surface area contributed by atoms with Gasteiger partial charge in [0.05, 0.1) is 24.6 Å². The first-order valence-corrected chi connectivity index (χ1v) is 8.06. The number of nitrogens with two attached hydrogens (primary N) is 4. The molecule has 20 heavy (non-hydrogen) atoms. The SMILES string of the molecule is NC(N)=NCCS(=O)(=O)O.NC(N)=NCCS(=O)(=O)O. The van der Waals surface area contributed by atoms with Crippen LogP contribution in [0.2, 0.25) is 0 Å². The number of guanidine groups is 2. The number of nitrogens with zero attached hydrogens (tertiary/aromatic N) is 2. The summed E-state index contributed by atoms with van der Waals surface area (Å²) in [5.74, 6) is -1.29. The summed E-state index contributed by atoms with van der Waals surface area (Å²) in [5, 5.41) is 0. The molecule has 0 amide bonds. The van der Waals surface area contributed by atoms with E-state index in [9.17, 15) is 16.8 Å². The van der Waals surface area contributed by atoms with Crippen molar-refractivity contribution < 1.29 is 25.9 Å². The summed E-state index contributed by atoms with van der Waals surface area (Å²) in [6, 6.07) is 0. The van der Waals surface area contributed by atoms with Gasteiger partial charge in [0.1, 0.15) is 0 Å². The fourth-order valence-electron chi connectivity index (χ4n) is 0.580. The van der Waals surface area contributed by atoms with Crippen LogP contribution in [0.25, 0.3) is 0 Å². The van der Waals surface area contributed by atoms with E-state index in [0.29, 0.717) is 0 Å². The molecule has 0 saturated heterocycles. The van der Waals surface area contributed by atoms with Crippen LogP contribution in [0.5, 0.6) is 0 Å². The Bertz CT molecular complexity index is 480. The second kappa shape index (κ2) is 9.29. The highest BCUT2D eigenvalue weighted by molar-refractivity contribution is 7.86. The zero-order valence-corrected chi connectivity index (χ0v) is 12.0. The maximum Gasteiger partial charge on any atom is 0.266 e. The lowest BCUT2D eigenvalue weighted by molar-refractivity contribution is 0.481. The van der Waals surface area contributed by atoms with E-state index >= 15 is 0 Å². The van der Waals surface area contributed by atoms with Gasteiger partial charge in [0, 0.05) is 0 Å². The Balaban J connectivity index is 0. The smallest absolute Gasteiger partial charge is 0.266 e. The van der Waals surface area contributed by atoms with E-state index in [1.807, 2.05) is 0 Å². The number of rotatable bonds is 6. The quantitative estimate of drug-likeness (QED) is 0.158.